The van der Waals surface area contributed by atoms with Gasteiger partial charge in [-0.05, 0) is 55.5 Å². The fourth-order valence-corrected chi connectivity index (χ4v) is 4.61. The molecule has 2 amide bonds. The Morgan fingerprint density at radius 2 is 1.87 bits per heavy atom. The fourth-order valence-electron chi connectivity index (χ4n) is 3.81. The van der Waals surface area contributed by atoms with Gasteiger partial charge >= 0.3 is 6.03 Å². The van der Waals surface area contributed by atoms with E-state index in [9.17, 15) is 9.18 Å². The molecule has 5 nitrogen and oxygen atoms in total. The third kappa shape index (κ3) is 4.48. The molecule has 2 aromatic rings. The average molecular weight is 459 g/mol. The van der Waals surface area contributed by atoms with Crippen LogP contribution in [0.15, 0.2) is 46.4 Å². The van der Waals surface area contributed by atoms with Gasteiger partial charge in [-0.3, -0.25) is 4.99 Å². The number of piperidine rings is 1. The van der Waals surface area contributed by atoms with E-state index in [0.29, 0.717) is 31.6 Å². The van der Waals surface area contributed by atoms with Crippen molar-refractivity contribution in [1.82, 2.24) is 4.90 Å². The Balaban J connectivity index is 1.47. The molecule has 2 aliphatic rings. The van der Waals surface area contributed by atoms with Gasteiger partial charge in [-0.2, -0.15) is 0 Å². The van der Waals surface area contributed by atoms with Crippen molar-refractivity contribution in [2.45, 2.75) is 32.4 Å². The standard InChI is InChI=1S/C23H24ClFN4OS/c1-14-4-5-16(12-15(14)2)20-21(31-3)28-23(27-20)8-10-29(11-9-23)22(30)26-17-6-7-19(25)18(24)13-17/h4-7,12-13H,8-11H2,1-3H3,(H,26,30). The van der Waals surface area contributed by atoms with Gasteiger partial charge in [0.15, 0.2) is 5.66 Å². The molecule has 0 atom stereocenters. The van der Waals surface area contributed by atoms with Crippen molar-refractivity contribution in [3.05, 3.63) is 63.9 Å². The van der Waals surface area contributed by atoms with Crippen molar-refractivity contribution in [1.29, 1.82) is 0 Å². The van der Waals surface area contributed by atoms with Gasteiger partial charge in [-0.15, -0.1) is 11.8 Å². The highest BCUT2D eigenvalue weighted by atomic mass is 35.5. The van der Waals surface area contributed by atoms with Gasteiger partial charge in [0, 0.05) is 37.2 Å². The molecule has 1 fully saturated rings. The van der Waals surface area contributed by atoms with E-state index in [1.807, 2.05) is 6.26 Å². The number of thioether (sulfide) groups is 1. The monoisotopic (exact) mass is 458 g/mol. The highest BCUT2D eigenvalue weighted by molar-refractivity contribution is 8.15. The topological polar surface area (TPSA) is 57.1 Å². The number of amides is 2. The second kappa shape index (κ2) is 8.63. The predicted octanol–water partition coefficient (Wildman–Crippen LogP) is 5.68. The van der Waals surface area contributed by atoms with Gasteiger partial charge < -0.3 is 10.2 Å². The van der Waals surface area contributed by atoms with E-state index in [2.05, 4.69) is 37.4 Å². The number of nitrogens with one attached hydrogen (secondary N) is 1. The molecular formula is C23H24ClFN4OS. The third-order valence-electron chi connectivity index (χ3n) is 5.83. The lowest BCUT2D eigenvalue weighted by molar-refractivity contribution is 0.175. The first kappa shape index (κ1) is 21.8. The Kier molecular flexibility index (Phi) is 6.08. The van der Waals surface area contributed by atoms with Crippen LogP contribution in [-0.2, 0) is 0 Å². The first-order valence-corrected chi connectivity index (χ1v) is 11.7. The second-order valence-corrected chi connectivity index (χ2v) is 9.11. The van der Waals surface area contributed by atoms with Crippen LogP contribution in [0.5, 0.6) is 0 Å². The Morgan fingerprint density at radius 3 is 2.52 bits per heavy atom. The number of rotatable bonds is 2. The van der Waals surface area contributed by atoms with Crippen LogP contribution in [0.1, 0.15) is 29.5 Å². The molecule has 8 heteroatoms. The SMILES string of the molecule is CSC1=NC2(CCN(C(=O)Nc3ccc(F)c(Cl)c3)CC2)N=C1c1ccc(C)c(C)c1. The Morgan fingerprint density at radius 1 is 1.13 bits per heavy atom. The maximum atomic E-state index is 13.3. The van der Waals surface area contributed by atoms with Crippen LogP contribution in [0, 0.1) is 19.7 Å². The molecule has 31 heavy (non-hydrogen) atoms. The summed E-state index contributed by atoms with van der Waals surface area (Å²) in [5.41, 5.74) is 4.46. The largest absolute Gasteiger partial charge is 0.324 e. The molecule has 0 saturated carbocycles. The van der Waals surface area contributed by atoms with Crippen molar-refractivity contribution in [3.63, 3.8) is 0 Å². The van der Waals surface area contributed by atoms with Crippen LogP contribution >= 0.6 is 23.4 Å². The van der Waals surface area contributed by atoms with Crippen molar-refractivity contribution in [2.75, 3.05) is 24.7 Å². The van der Waals surface area contributed by atoms with Gasteiger partial charge in [0.05, 0.1) is 10.7 Å². The number of urea groups is 1. The summed E-state index contributed by atoms with van der Waals surface area (Å²) in [6, 6.07) is 10.3. The highest BCUT2D eigenvalue weighted by Crippen LogP contribution is 2.35. The molecule has 1 saturated heterocycles. The Bertz CT molecular complexity index is 1090. The van der Waals surface area contributed by atoms with E-state index >= 15 is 0 Å². The van der Waals surface area contributed by atoms with Crippen molar-refractivity contribution < 1.29 is 9.18 Å². The molecule has 1 spiro atoms. The van der Waals surface area contributed by atoms with E-state index in [-0.39, 0.29) is 11.1 Å². The van der Waals surface area contributed by atoms with Gasteiger partial charge in [0.1, 0.15) is 10.9 Å². The first-order valence-electron chi connectivity index (χ1n) is 10.1. The number of halogens is 2. The predicted molar refractivity (Wildman–Crippen MR) is 127 cm³/mol. The van der Waals surface area contributed by atoms with E-state index in [1.54, 1.807) is 16.7 Å². The fraction of sp³-hybridized carbons (Fsp3) is 0.348. The van der Waals surface area contributed by atoms with E-state index in [0.717, 1.165) is 16.3 Å². The summed E-state index contributed by atoms with van der Waals surface area (Å²) in [5.74, 6) is -0.513. The Labute approximate surface area is 190 Å². The number of benzene rings is 2. The number of carbonyl (C=O) groups excluding carboxylic acids is 1. The average Bonchev–Trinajstić information content (AvgIpc) is 3.11. The number of likely N-dealkylation sites (tertiary alicyclic amines) is 1. The molecule has 0 unspecified atom stereocenters. The molecule has 0 aliphatic carbocycles. The zero-order valence-corrected chi connectivity index (χ0v) is 19.3. The quantitative estimate of drug-likeness (QED) is 0.629. The minimum absolute atomic E-state index is 0.0199. The number of carbonyl (C=O) groups is 1. The highest BCUT2D eigenvalue weighted by Gasteiger charge is 2.40. The van der Waals surface area contributed by atoms with Crippen LogP contribution < -0.4 is 5.32 Å². The van der Waals surface area contributed by atoms with Crippen molar-refractivity contribution in [2.24, 2.45) is 9.98 Å². The summed E-state index contributed by atoms with van der Waals surface area (Å²) in [4.78, 5) is 24.4. The Hall–Kier alpha value is -2.38. The number of aryl methyl sites for hydroxylation is 2. The van der Waals surface area contributed by atoms with E-state index in [1.165, 1.54) is 29.3 Å². The van der Waals surface area contributed by atoms with Gasteiger partial charge in [-0.25, -0.2) is 14.2 Å². The smallest absolute Gasteiger partial charge is 0.321 e. The molecule has 2 aromatic carbocycles. The van der Waals surface area contributed by atoms with E-state index in [4.69, 9.17) is 21.6 Å². The molecule has 0 aromatic heterocycles. The van der Waals surface area contributed by atoms with E-state index < -0.39 is 11.5 Å². The third-order valence-corrected chi connectivity index (χ3v) is 6.79. The van der Waals surface area contributed by atoms with Gasteiger partial charge in [-0.1, -0.05) is 23.7 Å². The summed E-state index contributed by atoms with van der Waals surface area (Å²) in [6.45, 7) is 5.28. The summed E-state index contributed by atoms with van der Waals surface area (Å²) < 4.78 is 13.3. The molecule has 162 valence electrons. The van der Waals surface area contributed by atoms with Crippen LogP contribution in [0.2, 0.25) is 5.02 Å². The zero-order chi connectivity index (χ0) is 22.2. The normalized spacial score (nSPS) is 17.5. The molecule has 0 bridgehead atoms. The van der Waals surface area contributed by atoms with Crippen LogP contribution in [0.4, 0.5) is 14.9 Å². The summed E-state index contributed by atoms with van der Waals surface area (Å²) in [7, 11) is 0. The number of anilines is 1. The number of hydrogen-bond donors (Lipinski definition) is 1. The second-order valence-electron chi connectivity index (χ2n) is 7.91. The van der Waals surface area contributed by atoms with Crippen molar-refractivity contribution >= 4 is 45.8 Å². The maximum Gasteiger partial charge on any atom is 0.321 e. The lowest BCUT2D eigenvalue weighted by Crippen LogP contribution is -2.46. The maximum absolute atomic E-state index is 13.3. The molecular weight excluding hydrogens is 435 g/mol. The zero-order valence-electron chi connectivity index (χ0n) is 17.7. The molecule has 0 radical (unpaired) electrons. The molecule has 1 N–H and O–H groups in total. The van der Waals surface area contributed by atoms with Crippen LogP contribution in [0.25, 0.3) is 0 Å². The number of aliphatic imine (C=N–C) groups is 2. The first-order chi connectivity index (χ1) is 14.8. The summed E-state index contributed by atoms with van der Waals surface area (Å²) in [5, 5.41) is 3.71. The van der Waals surface area contributed by atoms with Crippen LogP contribution in [0.3, 0.4) is 0 Å². The number of nitrogens with zero attached hydrogens (tertiary/aromatic N) is 3. The van der Waals surface area contributed by atoms with Gasteiger partial charge in [0.2, 0.25) is 0 Å². The lowest BCUT2D eigenvalue weighted by atomic mass is 9.98. The minimum atomic E-state index is -0.513. The summed E-state index contributed by atoms with van der Waals surface area (Å²) >= 11 is 7.41. The molecule has 2 aliphatic heterocycles. The van der Waals surface area contributed by atoms with Gasteiger partial charge in [0.25, 0.3) is 0 Å². The molecule has 2 heterocycles. The lowest BCUT2D eigenvalue weighted by Gasteiger charge is -2.35. The van der Waals surface area contributed by atoms with Crippen LogP contribution in [-0.4, -0.2) is 46.7 Å². The minimum Gasteiger partial charge on any atom is -0.324 e. The molecule has 4 rings (SSSR count). The van der Waals surface area contributed by atoms with Crippen molar-refractivity contribution in [3.8, 4) is 0 Å². The summed E-state index contributed by atoms with van der Waals surface area (Å²) in [6.07, 6.45) is 3.33. The number of hydrogen-bond acceptors (Lipinski definition) is 4.